The van der Waals surface area contributed by atoms with Gasteiger partial charge in [0.05, 0.1) is 29.4 Å². The van der Waals surface area contributed by atoms with Gasteiger partial charge < -0.3 is 24.7 Å². The SMILES string of the molecule is CCOC(=O)c1c(C)[nH]c(C(=O)OCC(=O)N(C)CC(=O)Nc2ccccc2Cl)c1C. The molecule has 2 rings (SSSR count). The Balaban J connectivity index is 1.92. The zero-order valence-corrected chi connectivity index (χ0v) is 18.5. The van der Waals surface area contributed by atoms with Crippen molar-refractivity contribution in [3.05, 3.63) is 51.8 Å². The third-order valence-electron chi connectivity index (χ3n) is 4.40. The van der Waals surface area contributed by atoms with Crippen LogP contribution in [0, 0.1) is 13.8 Å². The van der Waals surface area contributed by atoms with E-state index in [-0.39, 0.29) is 24.4 Å². The molecule has 2 aromatic rings. The lowest BCUT2D eigenvalue weighted by Crippen LogP contribution is -2.37. The Kier molecular flexibility index (Phi) is 8.21. The zero-order chi connectivity index (χ0) is 23.1. The van der Waals surface area contributed by atoms with E-state index in [2.05, 4.69) is 10.3 Å². The molecular weight excluding hydrogens is 426 g/mol. The molecule has 0 radical (unpaired) electrons. The third kappa shape index (κ3) is 6.08. The molecule has 0 saturated heterocycles. The van der Waals surface area contributed by atoms with Crippen molar-refractivity contribution in [3.8, 4) is 0 Å². The van der Waals surface area contributed by atoms with Gasteiger partial charge in [-0.15, -0.1) is 0 Å². The number of benzene rings is 1. The summed E-state index contributed by atoms with van der Waals surface area (Å²) in [6.07, 6.45) is 0. The van der Waals surface area contributed by atoms with Crippen LogP contribution in [0.4, 0.5) is 5.69 Å². The number of nitrogens with one attached hydrogen (secondary N) is 2. The van der Waals surface area contributed by atoms with Crippen molar-refractivity contribution in [2.24, 2.45) is 0 Å². The maximum atomic E-state index is 12.4. The standard InChI is InChI=1S/C21H24ClN3O6/c1-5-30-20(28)18-12(2)19(23-13(18)3)21(29)31-11-17(27)25(4)10-16(26)24-15-9-7-6-8-14(15)22/h6-9,23H,5,10-11H2,1-4H3,(H,24,26). The molecule has 0 bridgehead atoms. The lowest BCUT2D eigenvalue weighted by molar-refractivity contribution is -0.136. The Labute approximate surface area is 184 Å². The zero-order valence-electron chi connectivity index (χ0n) is 17.7. The lowest BCUT2D eigenvalue weighted by Gasteiger charge is -2.17. The molecule has 1 heterocycles. The largest absolute Gasteiger partial charge is 0.462 e. The van der Waals surface area contributed by atoms with Gasteiger partial charge in [-0.25, -0.2) is 9.59 Å². The average Bonchev–Trinajstić information content (AvgIpc) is 3.01. The van der Waals surface area contributed by atoms with Gasteiger partial charge in [0.25, 0.3) is 5.91 Å². The number of H-pyrrole nitrogens is 1. The Hall–Kier alpha value is -3.33. The average molecular weight is 450 g/mol. The number of carbonyl (C=O) groups is 4. The maximum Gasteiger partial charge on any atom is 0.355 e. The Morgan fingerprint density at radius 3 is 2.42 bits per heavy atom. The van der Waals surface area contributed by atoms with E-state index < -0.39 is 30.4 Å². The van der Waals surface area contributed by atoms with E-state index in [0.29, 0.717) is 22.0 Å². The normalized spacial score (nSPS) is 10.4. The number of ether oxygens (including phenoxy) is 2. The van der Waals surface area contributed by atoms with Crippen LogP contribution in [0.3, 0.4) is 0 Å². The first-order chi connectivity index (χ1) is 14.6. The van der Waals surface area contributed by atoms with E-state index >= 15 is 0 Å². The quantitative estimate of drug-likeness (QED) is 0.598. The molecule has 0 spiro atoms. The predicted molar refractivity (Wildman–Crippen MR) is 114 cm³/mol. The number of esters is 2. The summed E-state index contributed by atoms with van der Waals surface area (Å²) in [6, 6.07) is 6.71. The molecule has 0 aliphatic rings. The van der Waals surface area contributed by atoms with Crippen molar-refractivity contribution in [1.82, 2.24) is 9.88 Å². The molecule has 0 unspecified atom stereocenters. The summed E-state index contributed by atoms with van der Waals surface area (Å²) in [7, 11) is 1.41. The fourth-order valence-electron chi connectivity index (χ4n) is 2.83. The summed E-state index contributed by atoms with van der Waals surface area (Å²) >= 11 is 5.99. The van der Waals surface area contributed by atoms with Crippen molar-refractivity contribution < 1.29 is 28.7 Å². The minimum absolute atomic E-state index is 0.0625. The van der Waals surface area contributed by atoms with Gasteiger partial charge in [0.1, 0.15) is 5.69 Å². The number of hydrogen-bond acceptors (Lipinski definition) is 6. The second kappa shape index (κ2) is 10.6. The van der Waals surface area contributed by atoms with Crippen LogP contribution in [-0.2, 0) is 19.1 Å². The molecule has 0 atom stereocenters. The highest BCUT2D eigenvalue weighted by Crippen LogP contribution is 2.21. The first kappa shape index (κ1) is 23.9. The number of aryl methyl sites for hydroxylation is 1. The van der Waals surface area contributed by atoms with E-state index in [1.54, 1.807) is 45.0 Å². The van der Waals surface area contributed by atoms with E-state index in [1.807, 2.05) is 0 Å². The number of carbonyl (C=O) groups excluding carboxylic acids is 4. The molecule has 0 saturated carbocycles. The third-order valence-corrected chi connectivity index (χ3v) is 4.73. The molecule has 1 aromatic carbocycles. The fourth-order valence-corrected chi connectivity index (χ4v) is 3.01. The van der Waals surface area contributed by atoms with Gasteiger partial charge in [-0.3, -0.25) is 9.59 Å². The van der Waals surface area contributed by atoms with Gasteiger partial charge in [-0.05, 0) is 38.5 Å². The van der Waals surface area contributed by atoms with Gasteiger partial charge in [0.2, 0.25) is 5.91 Å². The van der Waals surface area contributed by atoms with Crippen molar-refractivity contribution in [2.45, 2.75) is 20.8 Å². The summed E-state index contributed by atoms with van der Waals surface area (Å²) in [4.78, 5) is 52.7. The second-order valence-corrected chi connectivity index (χ2v) is 7.11. The van der Waals surface area contributed by atoms with E-state index in [9.17, 15) is 19.2 Å². The topological polar surface area (TPSA) is 118 Å². The number of rotatable bonds is 8. The summed E-state index contributed by atoms with van der Waals surface area (Å²) in [5, 5.41) is 2.98. The molecule has 0 aliphatic carbocycles. The van der Waals surface area contributed by atoms with Gasteiger partial charge in [0.15, 0.2) is 6.61 Å². The van der Waals surface area contributed by atoms with Crippen LogP contribution in [0.5, 0.6) is 0 Å². The molecule has 1 aromatic heterocycles. The minimum atomic E-state index is -0.793. The van der Waals surface area contributed by atoms with Gasteiger partial charge >= 0.3 is 11.9 Å². The van der Waals surface area contributed by atoms with Crippen LogP contribution in [0.25, 0.3) is 0 Å². The smallest absolute Gasteiger partial charge is 0.355 e. The highest BCUT2D eigenvalue weighted by molar-refractivity contribution is 6.33. The predicted octanol–water partition coefficient (Wildman–Crippen LogP) is 2.72. The van der Waals surface area contributed by atoms with Gasteiger partial charge in [-0.1, -0.05) is 23.7 Å². The number of amides is 2. The van der Waals surface area contributed by atoms with Crippen LogP contribution in [0.15, 0.2) is 24.3 Å². The molecular formula is C21H24ClN3O6. The minimum Gasteiger partial charge on any atom is -0.462 e. The maximum absolute atomic E-state index is 12.4. The molecule has 2 amide bonds. The van der Waals surface area contributed by atoms with Gasteiger partial charge in [0, 0.05) is 12.7 Å². The number of likely N-dealkylation sites (N-methyl/N-ethyl adjacent to an activating group) is 1. The number of aromatic amines is 1. The molecule has 10 heteroatoms. The Morgan fingerprint density at radius 2 is 1.77 bits per heavy atom. The van der Waals surface area contributed by atoms with E-state index in [4.69, 9.17) is 21.1 Å². The van der Waals surface area contributed by atoms with Crippen LogP contribution < -0.4 is 5.32 Å². The molecule has 2 N–H and O–H groups in total. The number of para-hydroxylation sites is 1. The van der Waals surface area contributed by atoms with Crippen molar-refractivity contribution >= 4 is 41.0 Å². The lowest BCUT2D eigenvalue weighted by atomic mass is 10.1. The van der Waals surface area contributed by atoms with Crippen LogP contribution >= 0.6 is 11.6 Å². The number of aromatic nitrogens is 1. The van der Waals surface area contributed by atoms with Crippen molar-refractivity contribution in [2.75, 3.05) is 32.1 Å². The monoisotopic (exact) mass is 449 g/mol. The summed E-state index contributed by atoms with van der Waals surface area (Å²) in [6.45, 7) is 4.27. The molecule has 0 aliphatic heterocycles. The summed E-state index contributed by atoms with van der Waals surface area (Å²) in [5.74, 6) is -2.37. The molecule has 9 nitrogen and oxygen atoms in total. The van der Waals surface area contributed by atoms with Crippen molar-refractivity contribution in [3.63, 3.8) is 0 Å². The van der Waals surface area contributed by atoms with Gasteiger partial charge in [-0.2, -0.15) is 0 Å². The van der Waals surface area contributed by atoms with Crippen molar-refractivity contribution in [1.29, 1.82) is 0 Å². The Morgan fingerprint density at radius 1 is 1.10 bits per heavy atom. The highest BCUT2D eigenvalue weighted by Gasteiger charge is 2.24. The molecule has 166 valence electrons. The highest BCUT2D eigenvalue weighted by atomic mass is 35.5. The summed E-state index contributed by atoms with van der Waals surface area (Å²) in [5.41, 5.74) is 1.58. The number of hydrogen-bond donors (Lipinski definition) is 2. The van der Waals surface area contributed by atoms with Crippen LogP contribution in [0.1, 0.15) is 39.0 Å². The first-order valence-corrected chi connectivity index (χ1v) is 9.85. The molecule has 0 fully saturated rings. The summed E-state index contributed by atoms with van der Waals surface area (Å²) < 4.78 is 10.0. The van der Waals surface area contributed by atoms with E-state index in [1.165, 1.54) is 7.05 Å². The molecule has 31 heavy (non-hydrogen) atoms. The number of anilines is 1. The first-order valence-electron chi connectivity index (χ1n) is 9.47. The van der Waals surface area contributed by atoms with E-state index in [0.717, 1.165) is 4.90 Å². The fraction of sp³-hybridized carbons (Fsp3) is 0.333. The Bertz CT molecular complexity index is 1000. The number of halogens is 1. The van der Waals surface area contributed by atoms with Crippen LogP contribution in [0.2, 0.25) is 5.02 Å². The van der Waals surface area contributed by atoms with Crippen LogP contribution in [-0.4, -0.2) is 60.4 Å². The second-order valence-electron chi connectivity index (χ2n) is 6.70. The number of nitrogens with zero attached hydrogens (tertiary/aromatic N) is 1.